The van der Waals surface area contributed by atoms with Crippen molar-refractivity contribution in [1.82, 2.24) is 4.98 Å². The summed E-state index contributed by atoms with van der Waals surface area (Å²) in [4.78, 5) is 4.20. The molecular formula is C15H13BrClNO. The van der Waals surface area contributed by atoms with Crippen molar-refractivity contribution in [3.63, 3.8) is 0 Å². The molecule has 98 valence electrons. The average Bonchev–Trinajstić information content (AvgIpc) is 2.42. The molecule has 19 heavy (non-hydrogen) atoms. The highest BCUT2D eigenvalue weighted by atomic mass is 79.9. The van der Waals surface area contributed by atoms with Crippen molar-refractivity contribution < 1.29 is 4.74 Å². The van der Waals surface area contributed by atoms with E-state index in [-0.39, 0.29) is 0 Å². The first kappa shape index (κ1) is 14.1. The average molecular weight is 339 g/mol. The van der Waals surface area contributed by atoms with Crippen LogP contribution in [0.3, 0.4) is 0 Å². The maximum atomic E-state index is 6.14. The molecule has 4 heteroatoms. The summed E-state index contributed by atoms with van der Waals surface area (Å²) in [5, 5.41) is 0.336. The summed E-state index contributed by atoms with van der Waals surface area (Å²) < 4.78 is 6.50. The predicted molar refractivity (Wildman–Crippen MR) is 82.5 cm³/mol. The van der Waals surface area contributed by atoms with Crippen molar-refractivity contribution in [3.8, 4) is 5.75 Å². The molecule has 0 radical (unpaired) electrons. The molecule has 0 unspecified atom stereocenters. The van der Waals surface area contributed by atoms with Crippen molar-refractivity contribution in [2.24, 2.45) is 0 Å². The van der Waals surface area contributed by atoms with Crippen LogP contribution in [0, 0.1) is 6.92 Å². The normalized spacial score (nSPS) is 10.3. The summed E-state index contributed by atoms with van der Waals surface area (Å²) in [5.41, 5.74) is 2.90. The number of hydrogen-bond donors (Lipinski definition) is 0. The summed E-state index contributed by atoms with van der Waals surface area (Å²) >= 11 is 9.51. The number of nitrogens with zero attached hydrogens (tertiary/aromatic N) is 1. The number of benzene rings is 1. The molecule has 0 aliphatic heterocycles. The molecule has 0 amide bonds. The number of halogens is 2. The minimum absolute atomic E-state index is 0.336. The molecule has 1 aromatic heterocycles. The largest absolute Gasteiger partial charge is 0.485 e. The van der Waals surface area contributed by atoms with E-state index in [1.54, 1.807) is 6.08 Å². The summed E-state index contributed by atoms with van der Waals surface area (Å²) in [6.45, 7) is 6.20. The van der Waals surface area contributed by atoms with E-state index in [1.807, 2.05) is 37.3 Å². The lowest BCUT2D eigenvalue weighted by atomic mass is 10.1. The molecule has 2 rings (SSSR count). The van der Waals surface area contributed by atoms with Crippen molar-refractivity contribution in [1.29, 1.82) is 0 Å². The molecule has 0 N–H and O–H groups in total. The van der Waals surface area contributed by atoms with Gasteiger partial charge in [-0.15, -0.1) is 0 Å². The predicted octanol–water partition coefficient (Wildman–Crippen LogP) is 5.03. The molecule has 0 saturated heterocycles. The van der Waals surface area contributed by atoms with Crippen molar-refractivity contribution in [2.45, 2.75) is 13.5 Å². The molecule has 0 spiro atoms. The van der Waals surface area contributed by atoms with Gasteiger partial charge in [-0.05, 0) is 34.0 Å². The van der Waals surface area contributed by atoms with Gasteiger partial charge in [0.05, 0.1) is 0 Å². The monoisotopic (exact) mass is 337 g/mol. The maximum absolute atomic E-state index is 6.14. The summed E-state index contributed by atoms with van der Waals surface area (Å²) in [7, 11) is 0. The van der Waals surface area contributed by atoms with E-state index in [0.29, 0.717) is 22.1 Å². The Labute approximate surface area is 126 Å². The Hall–Kier alpha value is -1.32. The fourth-order valence-corrected chi connectivity index (χ4v) is 2.46. The van der Waals surface area contributed by atoms with Gasteiger partial charge < -0.3 is 4.74 Å². The van der Waals surface area contributed by atoms with Gasteiger partial charge in [-0.25, -0.2) is 4.98 Å². The third kappa shape index (κ3) is 3.17. The zero-order chi connectivity index (χ0) is 13.8. The van der Waals surface area contributed by atoms with Crippen molar-refractivity contribution in [3.05, 3.63) is 63.4 Å². The summed E-state index contributed by atoms with van der Waals surface area (Å²) in [5.74, 6) is 0.571. The van der Waals surface area contributed by atoms with Crippen LogP contribution in [-0.2, 0) is 6.61 Å². The van der Waals surface area contributed by atoms with Crippen LogP contribution in [0.15, 0.2) is 41.5 Å². The van der Waals surface area contributed by atoms with Crippen LogP contribution in [0.25, 0.3) is 6.08 Å². The van der Waals surface area contributed by atoms with Crippen molar-refractivity contribution >= 4 is 33.6 Å². The van der Waals surface area contributed by atoms with Crippen LogP contribution in [0.5, 0.6) is 5.75 Å². The Balaban J connectivity index is 2.30. The highest BCUT2D eigenvalue weighted by Gasteiger charge is 2.14. The Morgan fingerprint density at radius 3 is 2.68 bits per heavy atom. The third-order valence-corrected chi connectivity index (χ3v) is 3.80. The van der Waals surface area contributed by atoms with Crippen LogP contribution in [0.2, 0.25) is 5.15 Å². The standard InChI is InChI=1S/C15H13BrClNO/c1-3-12-10(2)14(16)18-15(17)13(12)19-9-11-7-5-4-6-8-11/h3-8H,1,9H2,2H3. The Kier molecular flexibility index (Phi) is 4.61. The van der Waals surface area contributed by atoms with E-state index in [4.69, 9.17) is 16.3 Å². The lowest BCUT2D eigenvalue weighted by Crippen LogP contribution is -2.01. The first-order valence-corrected chi connectivity index (χ1v) is 6.95. The Morgan fingerprint density at radius 1 is 1.37 bits per heavy atom. The number of hydrogen-bond acceptors (Lipinski definition) is 2. The summed E-state index contributed by atoms with van der Waals surface area (Å²) in [6, 6.07) is 9.91. The SMILES string of the molecule is C=Cc1c(C)c(Br)nc(Cl)c1OCc1ccccc1. The Morgan fingerprint density at radius 2 is 2.05 bits per heavy atom. The smallest absolute Gasteiger partial charge is 0.172 e. The van der Waals surface area contributed by atoms with Gasteiger partial charge in [-0.2, -0.15) is 0 Å². The number of rotatable bonds is 4. The molecule has 0 fully saturated rings. The molecule has 1 heterocycles. The highest BCUT2D eigenvalue weighted by molar-refractivity contribution is 9.10. The number of aromatic nitrogens is 1. The molecule has 0 aliphatic rings. The number of pyridine rings is 1. The van der Waals surface area contributed by atoms with Crippen LogP contribution in [0.4, 0.5) is 0 Å². The fourth-order valence-electron chi connectivity index (χ4n) is 1.73. The van der Waals surface area contributed by atoms with E-state index >= 15 is 0 Å². The van der Waals surface area contributed by atoms with Crippen LogP contribution < -0.4 is 4.74 Å². The van der Waals surface area contributed by atoms with Gasteiger partial charge in [0.25, 0.3) is 0 Å². The van der Waals surface area contributed by atoms with Gasteiger partial charge in [0, 0.05) is 5.56 Å². The summed E-state index contributed by atoms with van der Waals surface area (Å²) in [6.07, 6.45) is 1.73. The van der Waals surface area contributed by atoms with Gasteiger partial charge in [0.15, 0.2) is 10.9 Å². The zero-order valence-electron chi connectivity index (χ0n) is 10.5. The lowest BCUT2D eigenvalue weighted by Gasteiger charge is -2.13. The van der Waals surface area contributed by atoms with E-state index in [0.717, 1.165) is 16.7 Å². The molecule has 0 aliphatic carbocycles. The first-order valence-electron chi connectivity index (χ1n) is 5.78. The molecule has 2 aromatic rings. The molecule has 0 saturated carbocycles. The van der Waals surface area contributed by atoms with Gasteiger partial charge >= 0.3 is 0 Å². The number of ether oxygens (including phenoxy) is 1. The third-order valence-electron chi connectivity index (χ3n) is 2.77. The Bertz CT molecular complexity index is 599. The second-order valence-corrected chi connectivity index (χ2v) is 5.15. The van der Waals surface area contributed by atoms with E-state index in [9.17, 15) is 0 Å². The fraction of sp³-hybridized carbons (Fsp3) is 0.133. The van der Waals surface area contributed by atoms with Crippen LogP contribution in [0.1, 0.15) is 16.7 Å². The van der Waals surface area contributed by atoms with Gasteiger partial charge in [0.1, 0.15) is 11.2 Å². The molecule has 0 bridgehead atoms. The van der Waals surface area contributed by atoms with Gasteiger partial charge in [-0.1, -0.05) is 54.6 Å². The second kappa shape index (κ2) is 6.22. The quantitative estimate of drug-likeness (QED) is 0.730. The van der Waals surface area contributed by atoms with Crippen LogP contribution >= 0.6 is 27.5 Å². The lowest BCUT2D eigenvalue weighted by molar-refractivity contribution is 0.304. The van der Waals surface area contributed by atoms with E-state index in [1.165, 1.54) is 0 Å². The van der Waals surface area contributed by atoms with E-state index < -0.39 is 0 Å². The van der Waals surface area contributed by atoms with Gasteiger partial charge in [0.2, 0.25) is 0 Å². The molecule has 1 aromatic carbocycles. The minimum Gasteiger partial charge on any atom is -0.485 e. The first-order chi connectivity index (χ1) is 9.13. The minimum atomic E-state index is 0.336. The van der Waals surface area contributed by atoms with Crippen LogP contribution in [-0.4, -0.2) is 4.98 Å². The second-order valence-electron chi connectivity index (χ2n) is 4.04. The maximum Gasteiger partial charge on any atom is 0.172 e. The highest BCUT2D eigenvalue weighted by Crippen LogP contribution is 2.34. The van der Waals surface area contributed by atoms with Crippen molar-refractivity contribution in [2.75, 3.05) is 0 Å². The molecular weight excluding hydrogens is 326 g/mol. The van der Waals surface area contributed by atoms with E-state index in [2.05, 4.69) is 27.5 Å². The molecule has 0 atom stereocenters. The molecule has 2 nitrogen and oxygen atoms in total. The zero-order valence-corrected chi connectivity index (χ0v) is 12.8. The van der Waals surface area contributed by atoms with Gasteiger partial charge in [-0.3, -0.25) is 0 Å². The topological polar surface area (TPSA) is 22.1 Å².